The van der Waals surface area contributed by atoms with E-state index in [1.807, 2.05) is 12.1 Å². The zero-order chi connectivity index (χ0) is 23.4. The van der Waals surface area contributed by atoms with Crippen LogP contribution in [0.25, 0.3) is 38.5 Å². The number of hydrogen-bond donors (Lipinski definition) is 4. The van der Waals surface area contributed by atoms with Crippen LogP contribution in [0.15, 0.2) is 79.7 Å². The van der Waals surface area contributed by atoms with Crippen LogP contribution in [-0.4, -0.2) is 29.0 Å². The molecule has 2 aromatic carbocycles. The molecule has 0 spiro atoms. The van der Waals surface area contributed by atoms with Gasteiger partial charge in [-0.05, 0) is 35.9 Å². The summed E-state index contributed by atoms with van der Waals surface area (Å²) in [5.74, 6) is -0.578. The maximum atomic E-state index is 15.2. The first-order valence-corrected chi connectivity index (χ1v) is 10.5. The van der Waals surface area contributed by atoms with Crippen LogP contribution in [0.5, 0.6) is 0 Å². The van der Waals surface area contributed by atoms with Crippen molar-refractivity contribution in [2.45, 2.75) is 0 Å². The number of amides is 1. The second-order valence-electron chi connectivity index (χ2n) is 7.42. The highest BCUT2D eigenvalue weighted by atomic mass is 19.1. The van der Waals surface area contributed by atoms with Crippen LogP contribution in [-0.2, 0) is 0 Å². The SMILES string of the molecule is C=C/C=C\C(=C/N)c1cc2c(cn1)[nH]c1ccc(F)c(-c3ccc(C(=O)NCCN)cc3)c12. The molecule has 2 aromatic heterocycles. The number of rotatable bonds is 7. The monoisotopic (exact) mass is 441 g/mol. The number of halogens is 1. The minimum atomic E-state index is -0.358. The summed E-state index contributed by atoms with van der Waals surface area (Å²) in [4.78, 5) is 20.0. The number of allylic oxidation sites excluding steroid dienone is 4. The van der Waals surface area contributed by atoms with E-state index >= 15 is 4.39 Å². The Labute approximate surface area is 190 Å². The molecule has 0 saturated carbocycles. The molecule has 0 atom stereocenters. The predicted molar refractivity (Wildman–Crippen MR) is 132 cm³/mol. The molecule has 0 radical (unpaired) electrons. The summed E-state index contributed by atoms with van der Waals surface area (Å²) < 4.78 is 15.2. The molecule has 0 fully saturated rings. The molecule has 0 aliphatic heterocycles. The highest BCUT2D eigenvalue weighted by Gasteiger charge is 2.17. The van der Waals surface area contributed by atoms with Crippen molar-refractivity contribution in [3.8, 4) is 11.1 Å². The first-order valence-electron chi connectivity index (χ1n) is 10.5. The second-order valence-corrected chi connectivity index (χ2v) is 7.42. The van der Waals surface area contributed by atoms with E-state index in [4.69, 9.17) is 11.5 Å². The molecule has 6 N–H and O–H groups in total. The van der Waals surface area contributed by atoms with Crippen LogP contribution in [0.1, 0.15) is 16.1 Å². The number of pyridine rings is 1. The molecule has 6 nitrogen and oxygen atoms in total. The fourth-order valence-corrected chi connectivity index (χ4v) is 3.78. The van der Waals surface area contributed by atoms with Gasteiger partial charge < -0.3 is 21.8 Å². The van der Waals surface area contributed by atoms with Gasteiger partial charge in [0.1, 0.15) is 5.82 Å². The number of nitrogens with two attached hydrogens (primary N) is 2. The maximum Gasteiger partial charge on any atom is 0.251 e. The van der Waals surface area contributed by atoms with Crippen LogP contribution >= 0.6 is 0 Å². The number of nitrogens with one attached hydrogen (secondary N) is 2. The number of carbonyl (C=O) groups is 1. The third-order valence-electron chi connectivity index (χ3n) is 5.35. The standard InChI is InChI=1S/C26H24FN5O/c1-2-3-4-18(14-29)22-13-19-23(15-31-22)32-21-10-9-20(27)24(25(19)21)16-5-7-17(8-6-16)26(33)30-12-11-28/h2-10,13-15,32H,1,11-12,28-29H2,(H,30,33)/b4-3-,18-14+. The number of aromatic nitrogens is 2. The van der Waals surface area contributed by atoms with E-state index in [0.717, 1.165) is 27.4 Å². The average molecular weight is 442 g/mol. The Morgan fingerprint density at radius 2 is 1.97 bits per heavy atom. The Morgan fingerprint density at radius 3 is 2.67 bits per heavy atom. The van der Waals surface area contributed by atoms with E-state index < -0.39 is 0 Å². The van der Waals surface area contributed by atoms with Crippen LogP contribution in [0.4, 0.5) is 4.39 Å². The number of carbonyl (C=O) groups excluding carboxylic acids is 1. The molecule has 0 aliphatic carbocycles. The molecule has 0 unspecified atom stereocenters. The molecule has 0 bridgehead atoms. The molecule has 4 aromatic rings. The quantitative estimate of drug-likeness (QED) is 0.321. The number of nitrogens with zero attached hydrogens (tertiary/aromatic N) is 1. The smallest absolute Gasteiger partial charge is 0.251 e. The number of hydrogen-bond acceptors (Lipinski definition) is 4. The molecule has 1 amide bonds. The van der Waals surface area contributed by atoms with Crippen molar-refractivity contribution in [2.24, 2.45) is 11.5 Å². The van der Waals surface area contributed by atoms with Crippen molar-refractivity contribution >= 4 is 33.3 Å². The van der Waals surface area contributed by atoms with Gasteiger partial charge >= 0.3 is 0 Å². The molecule has 7 heteroatoms. The molecule has 4 rings (SSSR count). The summed E-state index contributed by atoms with van der Waals surface area (Å²) >= 11 is 0. The minimum absolute atomic E-state index is 0.220. The Bertz CT molecular complexity index is 1400. The van der Waals surface area contributed by atoms with Gasteiger partial charge in [-0.15, -0.1) is 0 Å². The zero-order valence-corrected chi connectivity index (χ0v) is 17.9. The van der Waals surface area contributed by atoms with Gasteiger partial charge in [0.05, 0.1) is 17.4 Å². The van der Waals surface area contributed by atoms with Gasteiger partial charge in [-0.1, -0.05) is 36.9 Å². The Balaban J connectivity index is 1.86. The average Bonchev–Trinajstić information content (AvgIpc) is 3.21. The lowest BCUT2D eigenvalue weighted by atomic mass is 9.97. The van der Waals surface area contributed by atoms with E-state index in [1.54, 1.807) is 48.7 Å². The van der Waals surface area contributed by atoms with Gasteiger partial charge in [0, 0.05) is 52.3 Å². The first kappa shape index (κ1) is 22.0. The third kappa shape index (κ3) is 4.26. The van der Waals surface area contributed by atoms with Crippen molar-refractivity contribution in [2.75, 3.05) is 13.1 Å². The lowest BCUT2D eigenvalue weighted by Gasteiger charge is -2.09. The second kappa shape index (κ2) is 9.50. The first-order chi connectivity index (χ1) is 16.1. The van der Waals surface area contributed by atoms with Crippen molar-refractivity contribution in [3.63, 3.8) is 0 Å². The zero-order valence-electron chi connectivity index (χ0n) is 17.9. The summed E-state index contributed by atoms with van der Waals surface area (Å²) in [6.45, 7) is 4.43. The van der Waals surface area contributed by atoms with Gasteiger partial charge in [0.15, 0.2) is 0 Å². The largest absolute Gasteiger partial charge is 0.404 e. The normalized spacial score (nSPS) is 12.0. The Morgan fingerprint density at radius 1 is 1.18 bits per heavy atom. The molecular weight excluding hydrogens is 417 g/mol. The molecule has 2 heterocycles. The summed E-state index contributed by atoms with van der Waals surface area (Å²) in [6, 6.07) is 11.9. The highest BCUT2D eigenvalue weighted by molar-refractivity contribution is 6.14. The summed E-state index contributed by atoms with van der Waals surface area (Å²) in [5.41, 5.74) is 15.8. The Kier molecular flexibility index (Phi) is 6.33. The van der Waals surface area contributed by atoms with Crippen LogP contribution in [0.2, 0.25) is 0 Å². The summed E-state index contributed by atoms with van der Waals surface area (Å²) in [5, 5.41) is 4.28. The number of H-pyrrole nitrogens is 1. The van der Waals surface area contributed by atoms with Gasteiger partial charge in [0.2, 0.25) is 0 Å². The van der Waals surface area contributed by atoms with Crippen molar-refractivity contribution < 1.29 is 9.18 Å². The summed E-state index contributed by atoms with van der Waals surface area (Å²) in [7, 11) is 0. The van der Waals surface area contributed by atoms with Crippen molar-refractivity contribution in [1.29, 1.82) is 0 Å². The van der Waals surface area contributed by atoms with Gasteiger partial charge in [0.25, 0.3) is 5.91 Å². The summed E-state index contributed by atoms with van der Waals surface area (Å²) in [6.07, 6.45) is 8.42. The minimum Gasteiger partial charge on any atom is -0.404 e. The van der Waals surface area contributed by atoms with Gasteiger partial charge in [-0.25, -0.2) is 4.39 Å². The van der Waals surface area contributed by atoms with E-state index in [1.165, 1.54) is 12.3 Å². The van der Waals surface area contributed by atoms with Gasteiger partial charge in [-0.2, -0.15) is 0 Å². The van der Waals surface area contributed by atoms with Crippen LogP contribution < -0.4 is 16.8 Å². The number of fused-ring (bicyclic) bond motifs is 3. The lowest BCUT2D eigenvalue weighted by Crippen LogP contribution is -2.28. The maximum absolute atomic E-state index is 15.2. The lowest BCUT2D eigenvalue weighted by molar-refractivity contribution is 0.0955. The fourth-order valence-electron chi connectivity index (χ4n) is 3.78. The molecule has 0 aliphatic rings. The molecule has 166 valence electrons. The van der Waals surface area contributed by atoms with Crippen molar-refractivity contribution in [1.82, 2.24) is 15.3 Å². The highest BCUT2D eigenvalue weighted by Crippen LogP contribution is 2.37. The Hall–Kier alpha value is -4.23. The molecular formula is C26H24FN5O. The predicted octanol–water partition coefficient (Wildman–Crippen LogP) is 4.25. The van der Waals surface area contributed by atoms with Crippen LogP contribution in [0, 0.1) is 5.82 Å². The topological polar surface area (TPSA) is 110 Å². The molecule has 0 saturated heterocycles. The molecule has 33 heavy (non-hydrogen) atoms. The van der Waals surface area contributed by atoms with E-state index in [-0.39, 0.29) is 11.7 Å². The van der Waals surface area contributed by atoms with Crippen LogP contribution in [0.3, 0.4) is 0 Å². The number of benzene rings is 2. The third-order valence-corrected chi connectivity index (χ3v) is 5.35. The van der Waals surface area contributed by atoms with Crippen molar-refractivity contribution in [3.05, 3.63) is 96.7 Å². The van der Waals surface area contributed by atoms with Gasteiger partial charge in [-0.3, -0.25) is 9.78 Å². The van der Waals surface area contributed by atoms with E-state index in [2.05, 4.69) is 21.9 Å². The fraction of sp³-hybridized carbons (Fsp3) is 0.0769. The van der Waals surface area contributed by atoms with E-state index in [9.17, 15) is 4.79 Å². The van der Waals surface area contributed by atoms with E-state index in [0.29, 0.717) is 35.5 Å². The number of aromatic amines is 1.